The fraction of sp³-hybridized carbons (Fsp3) is 0.476. The largest absolute Gasteiger partial charge is 0.497 e. The van der Waals surface area contributed by atoms with Crippen LogP contribution in [-0.4, -0.2) is 17.2 Å². The van der Waals surface area contributed by atoms with Crippen molar-refractivity contribution in [3.05, 3.63) is 48.7 Å². The highest BCUT2D eigenvalue weighted by molar-refractivity contribution is 5.83. The first kappa shape index (κ1) is 15.6. The summed E-state index contributed by atoms with van der Waals surface area (Å²) in [6, 6.07) is 7.85. The molecule has 24 heavy (non-hydrogen) atoms. The van der Waals surface area contributed by atoms with E-state index in [2.05, 4.69) is 17.6 Å². The maximum Gasteiger partial charge on any atom is 0.119 e. The number of ether oxygens (including phenoxy) is 1. The van der Waals surface area contributed by atoms with Gasteiger partial charge in [0.05, 0.1) is 18.7 Å². The number of allylic oxidation sites excluding steroid dienone is 1. The molecule has 1 heterocycles. The van der Waals surface area contributed by atoms with Crippen LogP contribution < -0.4 is 4.74 Å². The minimum absolute atomic E-state index is 0.344. The molecule has 0 radical (unpaired) electrons. The first-order valence-corrected chi connectivity index (χ1v) is 8.94. The molecule has 3 heteroatoms. The summed E-state index contributed by atoms with van der Waals surface area (Å²) >= 11 is 0. The van der Waals surface area contributed by atoms with Gasteiger partial charge in [0.1, 0.15) is 5.75 Å². The average Bonchev–Trinajstić information content (AvgIpc) is 2.66. The highest BCUT2D eigenvalue weighted by Gasteiger charge is 2.43. The van der Waals surface area contributed by atoms with Gasteiger partial charge in [-0.25, -0.2) is 0 Å². The summed E-state index contributed by atoms with van der Waals surface area (Å²) in [5.74, 6) is 3.08. The van der Waals surface area contributed by atoms with Crippen molar-refractivity contribution in [3.8, 4) is 5.75 Å². The molecule has 0 amide bonds. The van der Waals surface area contributed by atoms with Crippen LogP contribution in [0.2, 0.25) is 0 Å². The van der Waals surface area contributed by atoms with E-state index < -0.39 is 6.10 Å². The van der Waals surface area contributed by atoms with Crippen molar-refractivity contribution < 1.29 is 9.84 Å². The number of aliphatic hydroxyl groups is 1. The van der Waals surface area contributed by atoms with Crippen molar-refractivity contribution in [1.82, 2.24) is 4.98 Å². The molecule has 0 spiro atoms. The van der Waals surface area contributed by atoms with Crippen LogP contribution in [0.15, 0.2) is 43.1 Å². The monoisotopic (exact) mass is 323 g/mol. The molecule has 3 aliphatic carbocycles. The van der Waals surface area contributed by atoms with Crippen LogP contribution in [0.1, 0.15) is 37.4 Å². The predicted octanol–water partition coefficient (Wildman–Crippen LogP) is 4.52. The van der Waals surface area contributed by atoms with E-state index in [4.69, 9.17) is 4.74 Å². The third-order valence-electron chi connectivity index (χ3n) is 6.28. The molecule has 3 aliphatic rings. The minimum Gasteiger partial charge on any atom is -0.497 e. The molecular formula is C21H25NO2. The zero-order chi connectivity index (χ0) is 16.7. The number of hydrogen-bond donors (Lipinski definition) is 1. The molecule has 3 fully saturated rings. The lowest BCUT2D eigenvalue weighted by atomic mass is 9.58. The van der Waals surface area contributed by atoms with Gasteiger partial charge in [0.15, 0.2) is 0 Å². The van der Waals surface area contributed by atoms with Crippen molar-refractivity contribution >= 4 is 10.9 Å². The van der Waals surface area contributed by atoms with E-state index in [9.17, 15) is 5.11 Å². The molecule has 1 aromatic heterocycles. The Labute approximate surface area is 143 Å². The SMILES string of the molecule is C=CC1CC2CC[C@H]1C[C@H]2[C@H](O)c1ccnc2ccc(OC)cc12. The molecule has 2 bridgehead atoms. The Morgan fingerprint density at radius 1 is 1.25 bits per heavy atom. The molecule has 2 aromatic rings. The van der Waals surface area contributed by atoms with Gasteiger partial charge in [-0.3, -0.25) is 4.98 Å². The summed E-state index contributed by atoms with van der Waals surface area (Å²) in [5.41, 5.74) is 1.91. The summed E-state index contributed by atoms with van der Waals surface area (Å²) in [7, 11) is 1.67. The molecular weight excluding hydrogens is 298 g/mol. The molecule has 0 aliphatic heterocycles. The Hall–Kier alpha value is -1.87. The second kappa shape index (κ2) is 6.21. The Morgan fingerprint density at radius 3 is 2.79 bits per heavy atom. The molecule has 126 valence electrons. The van der Waals surface area contributed by atoms with E-state index in [1.54, 1.807) is 13.3 Å². The highest BCUT2D eigenvalue weighted by Crippen LogP contribution is 2.52. The van der Waals surface area contributed by atoms with Crippen LogP contribution in [-0.2, 0) is 0 Å². The maximum atomic E-state index is 11.2. The van der Waals surface area contributed by atoms with E-state index in [0.717, 1.165) is 28.6 Å². The van der Waals surface area contributed by atoms with Gasteiger partial charge in [0.2, 0.25) is 0 Å². The average molecular weight is 323 g/mol. The van der Waals surface area contributed by atoms with Crippen molar-refractivity contribution in [1.29, 1.82) is 0 Å². The fourth-order valence-corrected chi connectivity index (χ4v) is 4.96. The number of hydrogen-bond acceptors (Lipinski definition) is 3. The second-order valence-corrected chi connectivity index (χ2v) is 7.36. The van der Waals surface area contributed by atoms with E-state index in [1.807, 2.05) is 24.3 Å². The topological polar surface area (TPSA) is 42.4 Å². The molecule has 2 unspecified atom stereocenters. The quantitative estimate of drug-likeness (QED) is 0.842. The van der Waals surface area contributed by atoms with Gasteiger partial charge < -0.3 is 9.84 Å². The molecule has 0 saturated heterocycles. The van der Waals surface area contributed by atoms with Crippen molar-refractivity contribution in [2.24, 2.45) is 23.7 Å². The van der Waals surface area contributed by atoms with E-state index in [0.29, 0.717) is 23.7 Å². The molecule has 3 saturated carbocycles. The van der Waals surface area contributed by atoms with E-state index in [-0.39, 0.29) is 0 Å². The third-order valence-corrected chi connectivity index (χ3v) is 6.28. The smallest absolute Gasteiger partial charge is 0.119 e. The molecule has 1 aromatic carbocycles. The number of benzene rings is 1. The van der Waals surface area contributed by atoms with Crippen LogP contribution in [0.3, 0.4) is 0 Å². The number of rotatable bonds is 4. The van der Waals surface area contributed by atoms with E-state index >= 15 is 0 Å². The molecule has 5 rings (SSSR count). The molecule has 1 N–H and O–H groups in total. The summed E-state index contributed by atoms with van der Waals surface area (Å²) < 4.78 is 5.36. The van der Waals surface area contributed by atoms with Crippen LogP contribution in [0.25, 0.3) is 10.9 Å². The predicted molar refractivity (Wildman–Crippen MR) is 95.9 cm³/mol. The Bertz CT molecular complexity index is 757. The second-order valence-electron chi connectivity index (χ2n) is 7.36. The van der Waals surface area contributed by atoms with Crippen LogP contribution >= 0.6 is 0 Å². The van der Waals surface area contributed by atoms with Gasteiger partial charge in [-0.05, 0) is 79.2 Å². The zero-order valence-electron chi connectivity index (χ0n) is 14.2. The first-order chi connectivity index (χ1) is 11.7. The third kappa shape index (κ3) is 2.51. The first-order valence-electron chi connectivity index (χ1n) is 8.94. The fourth-order valence-electron chi connectivity index (χ4n) is 4.96. The Morgan fingerprint density at radius 2 is 2.08 bits per heavy atom. The lowest BCUT2D eigenvalue weighted by molar-refractivity contribution is -0.0217. The number of aromatic nitrogens is 1. The lowest BCUT2D eigenvalue weighted by Crippen LogP contribution is -2.39. The van der Waals surface area contributed by atoms with Crippen molar-refractivity contribution in [2.45, 2.75) is 31.8 Å². The van der Waals surface area contributed by atoms with Gasteiger partial charge in [-0.1, -0.05) is 6.08 Å². The van der Waals surface area contributed by atoms with Gasteiger partial charge in [0.25, 0.3) is 0 Å². The number of fused-ring (bicyclic) bond motifs is 4. The lowest BCUT2D eigenvalue weighted by Gasteiger charge is -2.48. The number of methoxy groups -OCH3 is 1. The van der Waals surface area contributed by atoms with Crippen LogP contribution in [0, 0.1) is 23.7 Å². The molecule has 3 nitrogen and oxygen atoms in total. The van der Waals surface area contributed by atoms with Crippen molar-refractivity contribution in [3.63, 3.8) is 0 Å². The van der Waals surface area contributed by atoms with Gasteiger partial charge in [-0.2, -0.15) is 0 Å². The standard InChI is InChI=1S/C21H25NO2/c1-3-13-10-15-5-4-14(13)11-18(15)21(23)17-8-9-22-20-7-6-16(24-2)12-19(17)20/h3,6-9,12-15,18,21,23H,1,4-5,10-11H2,2H3/t13?,14-,15?,18+,21+/m0/s1. The normalized spacial score (nSPS) is 30.2. The minimum atomic E-state index is -0.429. The zero-order valence-corrected chi connectivity index (χ0v) is 14.2. The highest BCUT2D eigenvalue weighted by atomic mass is 16.5. The van der Waals surface area contributed by atoms with Gasteiger partial charge >= 0.3 is 0 Å². The summed E-state index contributed by atoms with van der Waals surface area (Å²) in [4.78, 5) is 4.44. The maximum absolute atomic E-state index is 11.2. The van der Waals surface area contributed by atoms with E-state index in [1.165, 1.54) is 19.3 Å². The molecule has 5 atom stereocenters. The van der Waals surface area contributed by atoms with Crippen molar-refractivity contribution in [2.75, 3.05) is 7.11 Å². The van der Waals surface area contributed by atoms with Gasteiger partial charge in [-0.15, -0.1) is 6.58 Å². The summed E-state index contributed by atoms with van der Waals surface area (Å²) in [6.07, 6.45) is 8.32. The number of nitrogens with zero attached hydrogens (tertiary/aromatic N) is 1. The van der Waals surface area contributed by atoms with Crippen LogP contribution in [0.5, 0.6) is 5.75 Å². The Kier molecular flexibility index (Phi) is 4.05. The number of aliphatic hydroxyl groups excluding tert-OH is 1. The Balaban J connectivity index is 1.69. The summed E-state index contributed by atoms with van der Waals surface area (Å²) in [5, 5.41) is 12.2. The number of pyridine rings is 1. The van der Waals surface area contributed by atoms with Gasteiger partial charge in [0, 0.05) is 11.6 Å². The summed E-state index contributed by atoms with van der Waals surface area (Å²) in [6.45, 7) is 4.01. The van der Waals surface area contributed by atoms with Crippen LogP contribution in [0.4, 0.5) is 0 Å².